The van der Waals surface area contributed by atoms with Gasteiger partial charge in [0.25, 0.3) is 10.0 Å². The van der Waals surface area contributed by atoms with Crippen molar-refractivity contribution in [3.63, 3.8) is 0 Å². The van der Waals surface area contributed by atoms with Gasteiger partial charge in [0.1, 0.15) is 6.29 Å². The summed E-state index contributed by atoms with van der Waals surface area (Å²) in [6, 6.07) is 9.90. The summed E-state index contributed by atoms with van der Waals surface area (Å²) in [5.41, 5.74) is 0.855. The van der Waals surface area contributed by atoms with E-state index in [4.69, 9.17) is 4.74 Å². The summed E-state index contributed by atoms with van der Waals surface area (Å²) >= 11 is 0. The lowest BCUT2D eigenvalue weighted by atomic mass is 10.2. The van der Waals surface area contributed by atoms with Crippen LogP contribution in [0.1, 0.15) is 15.9 Å². The third-order valence-corrected chi connectivity index (χ3v) is 7.75. The Bertz CT molecular complexity index is 1090. The quantitative estimate of drug-likeness (QED) is 0.706. The first-order valence-electron chi connectivity index (χ1n) is 8.51. The van der Waals surface area contributed by atoms with E-state index in [0.717, 1.165) is 0 Å². The monoisotopic (exact) mass is 424 g/mol. The zero-order chi connectivity index (χ0) is 20.4. The highest BCUT2D eigenvalue weighted by atomic mass is 32.2. The van der Waals surface area contributed by atoms with Gasteiger partial charge in [0.2, 0.25) is 10.0 Å². The molecule has 0 bridgehead atoms. The SMILES string of the molecule is Cc1ccc(NS(=O)(=O)c2cccc(C=O)c2)cc1S(=O)(=O)N1CCOCC1. The van der Waals surface area contributed by atoms with Gasteiger partial charge in [-0.25, -0.2) is 16.8 Å². The second-order valence-electron chi connectivity index (χ2n) is 6.29. The predicted octanol–water partition coefficient (Wildman–Crippen LogP) is 1.63. The van der Waals surface area contributed by atoms with Crippen molar-refractivity contribution in [2.75, 3.05) is 31.0 Å². The summed E-state index contributed by atoms with van der Waals surface area (Å²) in [4.78, 5) is 10.8. The third kappa shape index (κ3) is 4.25. The summed E-state index contributed by atoms with van der Waals surface area (Å²) < 4.78 is 60.0. The number of ether oxygens (including phenoxy) is 1. The molecule has 0 spiro atoms. The first kappa shape index (κ1) is 20.5. The van der Waals surface area contributed by atoms with Gasteiger partial charge in [0.05, 0.1) is 28.7 Å². The molecule has 1 aliphatic heterocycles. The molecule has 0 unspecified atom stereocenters. The highest BCUT2D eigenvalue weighted by Gasteiger charge is 2.28. The molecule has 28 heavy (non-hydrogen) atoms. The molecule has 1 heterocycles. The van der Waals surface area contributed by atoms with E-state index in [0.29, 0.717) is 25.1 Å². The molecule has 2 aromatic carbocycles. The Hall–Kier alpha value is -2.27. The number of aldehydes is 1. The van der Waals surface area contributed by atoms with Gasteiger partial charge in [-0.2, -0.15) is 4.31 Å². The summed E-state index contributed by atoms with van der Waals surface area (Å²) in [7, 11) is -7.76. The zero-order valence-corrected chi connectivity index (χ0v) is 16.8. The summed E-state index contributed by atoms with van der Waals surface area (Å²) in [6.07, 6.45) is 0.553. The van der Waals surface area contributed by atoms with Crippen molar-refractivity contribution in [1.82, 2.24) is 4.31 Å². The number of hydrogen-bond acceptors (Lipinski definition) is 6. The van der Waals surface area contributed by atoms with Crippen LogP contribution in [0.4, 0.5) is 5.69 Å². The molecular formula is C18H20N2O6S2. The highest BCUT2D eigenvalue weighted by molar-refractivity contribution is 7.92. The number of hydrogen-bond donors (Lipinski definition) is 1. The average Bonchev–Trinajstić information content (AvgIpc) is 2.70. The molecule has 1 aliphatic rings. The number of aryl methyl sites for hydroxylation is 1. The van der Waals surface area contributed by atoms with E-state index in [1.54, 1.807) is 13.0 Å². The Kier molecular flexibility index (Phi) is 5.84. The molecule has 10 heteroatoms. The van der Waals surface area contributed by atoms with Crippen molar-refractivity contribution in [2.24, 2.45) is 0 Å². The van der Waals surface area contributed by atoms with Crippen LogP contribution in [0.15, 0.2) is 52.3 Å². The van der Waals surface area contributed by atoms with Crippen molar-refractivity contribution in [1.29, 1.82) is 0 Å². The van der Waals surface area contributed by atoms with Gasteiger partial charge in [-0.05, 0) is 36.8 Å². The van der Waals surface area contributed by atoms with Gasteiger partial charge in [-0.1, -0.05) is 18.2 Å². The maximum atomic E-state index is 12.9. The predicted molar refractivity (Wildman–Crippen MR) is 103 cm³/mol. The minimum atomic E-state index is -3.98. The fourth-order valence-electron chi connectivity index (χ4n) is 2.84. The van der Waals surface area contributed by atoms with Gasteiger partial charge in [0.15, 0.2) is 0 Å². The lowest BCUT2D eigenvalue weighted by molar-refractivity contribution is 0.0730. The molecule has 0 saturated carbocycles. The van der Waals surface area contributed by atoms with Crippen LogP contribution in [0.5, 0.6) is 0 Å². The fourth-order valence-corrected chi connectivity index (χ4v) is 5.60. The number of benzene rings is 2. The Labute approximate surface area is 164 Å². The first-order chi connectivity index (χ1) is 13.2. The topological polar surface area (TPSA) is 110 Å². The van der Waals surface area contributed by atoms with Crippen LogP contribution in [-0.4, -0.2) is 53.7 Å². The molecule has 1 fully saturated rings. The minimum absolute atomic E-state index is 0.0382. The maximum Gasteiger partial charge on any atom is 0.261 e. The van der Waals surface area contributed by atoms with Crippen molar-refractivity contribution >= 4 is 32.0 Å². The smallest absolute Gasteiger partial charge is 0.261 e. The third-order valence-electron chi connectivity index (χ3n) is 4.33. The molecule has 0 aliphatic carbocycles. The van der Waals surface area contributed by atoms with Gasteiger partial charge in [-0.15, -0.1) is 0 Å². The van der Waals surface area contributed by atoms with E-state index >= 15 is 0 Å². The standard InChI is InChI=1S/C18H20N2O6S2/c1-14-5-6-16(12-18(14)28(24,25)20-7-9-26-10-8-20)19-27(22,23)17-4-2-3-15(11-17)13-21/h2-6,11-13,19H,7-10H2,1H3. The lowest BCUT2D eigenvalue weighted by Gasteiger charge is -2.26. The number of nitrogens with one attached hydrogen (secondary N) is 1. The maximum absolute atomic E-state index is 12.9. The van der Waals surface area contributed by atoms with Crippen LogP contribution in [0, 0.1) is 6.92 Å². The molecule has 1 N–H and O–H groups in total. The molecule has 3 rings (SSSR count). The molecular weight excluding hydrogens is 404 g/mol. The highest BCUT2D eigenvalue weighted by Crippen LogP contribution is 2.26. The van der Waals surface area contributed by atoms with Crippen molar-refractivity contribution in [3.05, 3.63) is 53.6 Å². The number of sulfonamides is 2. The fraction of sp³-hybridized carbons (Fsp3) is 0.278. The second kappa shape index (κ2) is 8.00. The molecule has 0 amide bonds. The molecule has 0 radical (unpaired) electrons. The normalized spacial score (nSPS) is 15.9. The molecule has 2 aromatic rings. The van der Waals surface area contributed by atoms with E-state index in [1.807, 2.05) is 0 Å². The summed E-state index contributed by atoms with van der Waals surface area (Å²) in [5, 5.41) is 0. The molecule has 0 atom stereocenters. The number of nitrogens with zero attached hydrogens (tertiary/aromatic N) is 1. The largest absolute Gasteiger partial charge is 0.379 e. The van der Waals surface area contributed by atoms with E-state index in [-0.39, 0.29) is 34.1 Å². The van der Waals surface area contributed by atoms with Gasteiger partial charge in [0, 0.05) is 18.7 Å². The average molecular weight is 425 g/mol. The van der Waals surface area contributed by atoms with Crippen LogP contribution < -0.4 is 4.72 Å². The van der Waals surface area contributed by atoms with Crippen LogP contribution in [0.2, 0.25) is 0 Å². The van der Waals surface area contributed by atoms with E-state index in [2.05, 4.69) is 4.72 Å². The Balaban J connectivity index is 1.94. The number of carbonyl (C=O) groups excluding carboxylic acids is 1. The molecule has 1 saturated heterocycles. The molecule has 150 valence electrons. The van der Waals surface area contributed by atoms with Crippen molar-refractivity contribution in [3.8, 4) is 0 Å². The first-order valence-corrected chi connectivity index (χ1v) is 11.4. The number of anilines is 1. The minimum Gasteiger partial charge on any atom is -0.379 e. The number of carbonyl (C=O) groups is 1. The van der Waals surface area contributed by atoms with E-state index in [1.165, 1.54) is 40.7 Å². The Morgan fingerprint density at radius 1 is 1.04 bits per heavy atom. The number of rotatable bonds is 6. The van der Waals surface area contributed by atoms with Gasteiger partial charge < -0.3 is 4.74 Å². The van der Waals surface area contributed by atoms with E-state index in [9.17, 15) is 21.6 Å². The zero-order valence-electron chi connectivity index (χ0n) is 15.2. The van der Waals surface area contributed by atoms with Crippen LogP contribution >= 0.6 is 0 Å². The molecule has 0 aromatic heterocycles. The number of morpholine rings is 1. The second-order valence-corrected chi connectivity index (χ2v) is 9.88. The summed E-state index contributed by atoms with van der Waals surface area (Å²) in [5.74, 6) is 0. The molecule has 8 nitrogen and oxygen atoms in total. The van der Waals surface area contributed by atoms with Crippen LogP contribution in [0.3, 0.4) is 0 Å². The lowest BCUT2D eigenvalue weighted by Crippen LogP contribution is -2.40. The van der Waals surface area contributed by atoms with Crippen LogP contribution in [0.25, 0.3) is 0 Å². The summed E-state index contributed by atoms with van der Waals surface area (Å²) in [6.45, 7) is 2.78. The van der Waals surface area contributed by atoms with Crippen molar-refractivity contribution < 1.29 is 26.4 Å². The van der Waals surface area contributed by atoms with Gasteiger partial charge >= 0.3 is 0 Å². The van der Waals surface area contributed by atoms with Crippen LogP contribution in [-0.2, 0) is 24.8 Å². The Morgan fingerprint density at radius 3 is 2.43 bits per heavy atom. The van der Waals surface area contributed by atoms with Gasteiger partial charge in [-0.3, -0.25) is 9.52 Å². The Morgan fingerprint density at radius 2 is 1.75 bits per heavy atom. The van der Waals surface area contributed by atoms with Crippen molar-refractivity contribution in [2.45, 2.75) is 16.7 Å². The van der Waals surface area contributed by atoms with E-state index < -0.39 is 20.0 Å².